The van der Waals surface area contributed by atoms with Crippen molar-refractivity contribution in [3.05, 3.63) is 0 Å². The fraction of sp³-hybridized carbons (Fsp3) is 0.833. The monoisotopic (exact) mass is 257 g/mol. The molecule has 0 spiro atoms. The van der Waals surface area contributed by atoms with Gasteiger partial charge >= 0.3 is 0 Å². The minimum Gasteiger partial charge on any atom is -0.379 e. The first-order valence-electron chi connectivity index (χ1n) is 6.18. The van der Waals surface area contributed by atoms with Gasteiger partial charge in [0.05, 0.1) is 25.2 Å². The molecule has 0 saturated carbocycles. The molecular formula is C12H23N3O3. The second-order valence-electron chi connectivity index (χ2n) is 5.58. The highest BCUT2D eigenvalue weighted by Gasteiger charge is 2.46. The van der Waals surface area contributed by atoms with E-state index in [0.29, 0.717) is 19.8 Å². The Kier molecular flexibility index (Phi) is 4.70. The number of primary amides is 1. The molecule has 0 radical (unpaired) electrons. The van der Waals surface area contributed by atoms with Gasteiger partial charge in [-0.05, 0) is 12.8 Å². The van der Waals surface area contributed by atoms with Gasteiger partial charge in [-0.25, -0.2) is 0 Å². The summed E-state index contributed by atoms with van der Waals surface area (Å²) in [5.41, 5.74) is 10.4. The summed E-state index contributed by atoms with van der Waals surface area (Å²) in [4.78, 5) is 25.1. The number of amides is 2. The van der Waals surface area contributed by atoms with E-state index in [1.807, 2.05) is 13.8 Å². The van der Waals surface area contributed by atoms with Crippen LogP contribution in [-0.4, -0.2) is 49.1 Å². The van der Waals surface area contributed by atoms with Crippen LogP contribution in [-0.2, 0) is 14.3 Å². The molecule has 0 aromatic rings. The summed E-state index contributed by atoms with van der Waals surface area (Å²) in [7, 11) is 0. The Hall–Kier alpha value is -1.14. The van der Waals surface area contributed by atoms with Crippen molar-refractivity contribution in [3.8, 4) is 0 Å². The van der Waals surface area contributed by atoms with Crippen LogP contribution in [0.25, 0.3) is 0 Å². The van der Waals surface area contributed by atoms with Crippen LogP contribution in [0.1, 0.15) is 20.8 Å². The third kappa shape index (κ3) is 3.20. The van der Waals surface area contributed by atoms with Gasteiger partial charge in [-0.1, -0.05) is 13.8 Å². The summed E-state index contributed by atoms with van der Waals surface area (Å²) >= 11 is 0. The summed E-state index contributed by atoms with van der Waals surface area (Å²) in [6.45, 7) is 6.82. The molecule has 2 amide bonds. The van der Waals surface area contributed by atoms with Gasteiger partial charge in [-0.2, -0.15) is 0 Å². The zero-order valence-corrected chi connectivity index (χ0v) is 11.3. The van der Waals surface area contributed by atoms with Crippen molar-refractivity contribution in [1.29, 1.82) is 0 Å². The number of hydrogen-bond donors (Lipinski definition) is 2. The quantitative estimate of drug-likeness (QED) is 0.681. The van der Waals surface area contributed by atoms with Gasteiger partial charge < -0.3 is 21.1 Å². The van der Waals surface area contributed by atoms with Gasteiger partial charge in [0.2, 0.25) is 11.8 Å². The van der Waals surface area contributed by atoms with Gasteiger partial charge in [0.15, 0.2) is 0 Å². The molecule has 0 aliphatic carbocycles. The lowest BCUT2D eigenvalue weighted by Crippen LogP contribution is -2.53. The van der Waals surface area contributed by atoms with Crippen LogP contribution in [0, 0.1) is 11.3 Å². The molecule has 18 heavy (non-hydrogen) atoms. The van der Waals surface area contributed by atoms with Crippen molar-refractivity contribution >= 4 is 11.8 Å². The second kappa shape index (κ2) is 5.67. The average molecular weight is 257 g/mol. The average Bonchev–Trinajstić information content (AvgIpc) is 2.57. The van der Waals surface area contributed by atoms with E-state index >= 15 is 0 Å². The van der Waals surface area contributed by atoms with E-state index in [9.17, 15) is 9.59 Å². The van der Waals surface area contributed by atoms with Crippen LogP contribution in [0.5, 0.6) is 0 Å². The zero-order chi connectivity index (χ0) is 13.9. The highest BCUT2D eigenvalue weighted by atomic mass is 16.5. The van der Waals surface area contributed by atoms with Crippen molar-refractivity contribution in [2.45, 2.75) is 26.8 Å². The molecule has 0 aromatic heterocycles. The molecule has 0 bridgehead atoms. The van der Waals surface area contributed by atoms with Crippen molar-refractivity contribution in [2.24, 2.45) is 22.8 Å². The highest BCUT2D eigenvalue weighted by Crippen LogP contribution is 2.29. The molecule has 1 rings (SSSR count). The standard InChI is InChI=1S/C12H23N3O3/c1-8(2)4-15(5-10(14)16)11(17)12(3)7-18-6-9(12)13/h8-9H,4-7,13H2,1-3H3,(H2,14,16). The highest BCUT2D eigenvalue weighted by molar-refractivity contribution is 5.88. The number of carbonyl (C=O) groups excluding carboxylic acids is 2. The second-order valence-corrected chi connectivity index (χ2v) is 5.58. The minimum absolute atomic E-state index is 0.0701. The van der Waals surface area contributed by atoms with Gasteiger partial charge in [-0.15, -0.1) is 0 Å². The normalized spacial score (nSPS) is 27.5. The fourth-order valence-electron chi connectivity index (χ4n) is 2.12. The predicted octanol–water partition coefficient (Wildman–Crippen LogP) is -0.680. The van der Waals surface area contributed by atoms with Gasteiger partial charge in [0.1, 0.15) is 0 Å². The maximum Gasteiger partial charge on any atom is 0.237 e. The lowest BCUT2D eigenvalue weighted by Gasteiger charge is -2.33. The molecule has 4 N–H and O–H groups in total. The van der Waals surface area contributed by atoms with Crippen molar-refractivity contribution in [1.82, 2.24) is 4.90 Å². The lowest BCUT2D eigenvalue weighted by molar-refractivity contribution is -0.144. The van der Waals surface area contributed by atoms with E-state index in [1.165, 1.54) is 4.90 Å². The first kappa shape index (κ1) is 14.9. The largest absolute Gasteiger partial charge is 0.379 e. The topological polar surface area (TPSA) is 98.6 Å². The third-order valence-electron chi connectivity index (χ3n) is 3.23. The Morgan fingerprint density at radius 2 is 2.11 bits per heavy atom. The molecule has 104 valence electrons. The van der Waals surface area contributed by atoms with Crippen LogP contribution in [0.4, 0.5) is 0 Å². The minimum atomic E-state index is -0.760. The van der Waals surface area contributed by atoms with Crippen LogP contribution >= 0.6 is 0 Å². The van der Waals surface area contributed by atoms with E-state index in [1.54, 1.807) is 6.92 Å². The molecule has 2 atom stereocenters. The molecule has 2 unspecified atom stereocenters. The fourth-order valence-corrected chi connectivity index (χ4v) is 2.12. The van der Waals surface area contributed by atoms with E-state index in [-0.39, 0.29) is 24.4 Å². The molecule has 1 fully saturated rings. The predicted molar refractivity (Wildman–Crippen MR) is 67.5 cm³/mol. The van der Waals surface area contributed by atoms with Crippen LogP contribution < -0.4 is 11.5 Å². The van der Waals surface area contributed by atoms with E-state index in [0.717, 1.165) is 0 Å². The number of carbonyl (C=O) groups is 2. The summed E-state index contributed by atoms with van der Waals surface area (Å²) in [6.07, 6.45) is 0. The summed E-state index contributed by atoms with van der Waals surface area (Å²) < 4.78 is 5.26. The van der Waals surface area contributed by atoms with Crippen molar-refractivity contribution < 1.29 is 14.3 Å². The van der Waals surface area contributed by atoms with Gasteiger partial charge in [-0.3, -0.25) is 9.59 Å². The Morgan fingerprint density at radius 1 is 1.50 bits per heavy atom. The zero-order valence-electron chi connectivity index (χ0n) is 11.3. The Bertz CT molecular complexity index is 333. The summed E-state index contributed by atoms with van der Waals surface area (Å²) in [6, 6.07) is -0.340. The van der Waals surface area contributed by atoms with Gasteiger partial charge in [0, 0.05) is 12.6 Å². The first-order valence-corrected chi connectivity index (χ1v) is 6.18. The van der Waals surface area contributed by atoms with Crippen molar-refractivity contribution in [3.63, 3.8) is 0 Å². The third-order valence-corrected chi connectivity index (χ3v) is 3.23. The molecule has 6 nitrogen and oxygen atoms in total. The Labute approximate surface area is 108 Å². The number of ether oxygens (including phenoxy) is 1. The van der Waals surface area contributed by atoms with Crippen LogP contribution in [0.15, 0.2) is 0 Å². The number of hydrogen-bond acceptors (Lipinski definition) is 4. The summed E-state index contributed by atoms with van der Waals surface area (Å²) in [5.74, 6) is -0.407. The maximum atomic E-state index is 12.5. The first-order chi connectivity index (χ1) is 8.27. The molecule has 0 aromatic carbocycles. The SMILES string of the molecule is CC(C)CN(CC(N)=O)C(=O)C1(C)COCC1N. The Morgan fingerprint density at radius 3 is 2.50 bits per heavy atom. The molecular weight excluding hydrogens is 234 g/mol. The molecule has 6 heteroatoms. The van der Waals surface area contributed by atoms with Crippen molar-refractivity contribution in [2.75, 3.05) is 26.3 Å². The van der Waals surface area contributed by atoms with E-state index < -0.39 is 11.3 Å². The molecule has 1 aliphatic heterocycles. The van der Waals surface area contributed by atoms with E-state index in [2.05, 4.69) is 0 Å². The number of rotatable bonds is 5. The number of nitrogens with two attached hydrogens (primary N) is 2. The number of nitrogens with zero attached hydrogens (tertiary/aromatic N) is 1. The van der Waals surface area contributed by atoms with E-state index in [4.69, 9.17) is 16.2 Å². The molecule has 1 aliphatic rings. The maximum absolute atomic E-state index is 12.5. The summed E-state index contributed by atoms with van der Waals surface area (Å²) in [5, 5.41) is 0. The molecule has 1 heterocycles. The lowest BCUT2D eigenvalue weighted by atomic mass is 9.84. The molecule has 1 saturated heterocycles. The van der Waals surface area contributed by atoms with Gasteiger partial charge in [0.25, 0.3) is 0 Å². The van der Waals surface area contributed by atoms with Crippen LogP contribution in [0.2, 0.25) is 0 Å². The van der Waals surface area contributed by atoms with Crippen LogP contribution in [0.3, 0.4) is 0 Å². The Balaban J connectivity index is 2.84. The smallest absolute Gasteiger partial charge is 0.237 e.